The van der Waals surface area contributed by atoms with Crippen LogP contribution in [0.15, 0.2) is 30.3 Å². The molecule has 0 N–H and O–H groups in total. The third-order valence-electron chi connectivity index (χ3n) is 1.51. The fraction of sp³-hybridized carbons (Fsp3) is 0.333. The van der Waals surface area contributed by atoms with Gasteiger partial charge in [0.25, 0.3) is 0 Å². The van der Waals surface area contributed by atoms with E-state index in [1.54, 1.807) is 0 Å². The molecule has 0 spiro atoms. The Morgan fingerprint density at radius 3 is 2.29 bits per heavy atom. The Labute approximate surface area is 99.0 Å². The summed E-state index contributed by atoms with van der Waals surface area (Å²) in [6.45, 7) is 2.99. The van der Waals surface area contributed by atoms with Gasteiger partial charge in [0.2, 0.25) is 0 Å². The van der Waals surface area contributed by atoms with Crippen LogP contribution in [-0.4, -0.2) is 6.61 Å². The number of unbranched alkanes of at least 4 members (excludes halogenated alkanes) is 1. The summed E-state index contributed by atoms with van der Waals surface area (Å²) in [5.74, 6) is 0.973. The summed E-state index contributed by atoms with van der Waals surface area (Å²) in [7, 11) is 0. The van der Waals surface area contributed by atoms with Gasteiger partial charge in [-0.2, -0.15) is 0 Å². The van der Waals surface area contributed by atoms with Crippen LogP contribution in [0.3, 0.4) is 0 Å². The first kappa shape index (κ1) is 15.6. The van der Waals surface area contributed by atoms with Gasteiger partial charge in [0.15, 0.2) is 0 Å². The molecule has 0 saturated carbocycles. The van der Waals surface area contributed by atoms with E-state index in [4.69, 9.17) is 11.2 Å². The van der Waals surface area contributed by atoms with Crippen LogP contribution >= 0.6 is 0 Å². The molecule has 14 heavy (non-hydrogen) atoms. The molecule has 0 aliphatic heterocycles. The molecule has 0 aliphatic carbocycles. The van der Waals surface area contributed by atoms with Gasteiger partial charge in [0, 0.05) is 0 Å². The molecule has 0 atom stereocenters. The maximum atomic E-state index is 5.45. The summed E-state index contributed by atoms with van der Waals surface area (Å²) in [5.41, 5.74) is 0. The van der Waals surface area contributed by atoms with Crippen molar-refractivity contribution in [3.63, 3.8) is 0 Å². The Morgan fingerprint density at radius 1 is 1.21 bits per heavy atom. The van der Waals surface area contributed by atoms with Crippen molar-refractivity contribution < 1.29 is 23.6 Å². The molecule has 0 heterocycles. The SMILES string of the molecule is CCCCOc1ccccc1.[C-]#C.[Li+]. The predicted molar refractivity (Wildman–Crippen MR) is 55.0 cm³/mol. The smallest absolute Gasteiger partial charge is 0.697 e. The second-order valence-electron chi connectivity index (χ2n) is 2.52. The zero-order valence-corrected chi connectivity index (χ0v) is 8.99. The summed E-state index contributed by atoms with van der Waals surface area (Å²) < 4.78 is 5.45. The minimum atomic E-state index is 0. The van der Waals surface area contributed by atoms with Crippen LogP contribution in [0.5, 0.6) is 5.75 Å². The number of benzene rings is 1. The maximum absolute atomic E-state index is 5.45. The van der Waals surface area contributed by atoms with Crippen LogP contribution in [0.2, 0.25) is 0 Å². The molecule has 1 rings (SSSR count). The van der Waals surface area contributed by atoms with Crippen LogP contribution in [0, 0.1) is 12.8 Å². The molecule has 2 heteroatoms. The van der Waals surface area contributed by atoms with E-state index in [-0.39, 0.29) is 18.9 Å². The molecular weight excluding hydrogens is 167 g/mol. The minimum absolute atomic E-state index is 0. The first-order chi connectivity index (χ1) is 6.43. The first-order valence-electron chi connectivity index (χ1n) is 4.40. The van der Waals surface area contributed by atoms with Crippen molar-refractivity contribution in [2.75, 3.05) is 6.61 Å². The van der Waals surface area contributed by atoms with Gasteiger partial charge in [-0.25, -0.2) is 0 Å². The molecule has 0 saturated heterocycles. The van der Waals surface area contributed by atoms with Crippen LogP contribution in [0.1, 0.15) is 19.8 Å². The van der Waals surface area contributed by atoms with Gasteiger partial charge in [-0.05, 0) is 18.6 Å². The van der Waals surface area contributed by atoms with E-state index in [0.717, 1.165) is 18.8 Å². The molecule has 0 aromatic heterocycles. The number of ether oxygens (including phenoxy) is 1. The maximum Gasteiger partial charge on any atom is 1.00 e. The van der Waals surface area contributed by atoms with E-state index in [2.05, 4.69) is 13.3 Å². The number of hydrogen-bond donors (Lipinski definition) is 0. The Kier molecular flexibility index (Phi) is 13.6. The number of terminal acetylenes is 1. The van der Waals surface area contributed by atoms with Gasteiger partial charge in [-0.3, -0.25) is 0 Å². The first-order valence-corrected chi connectivity index (χ1v) is 4.40. The van der Waals surface area contributed by atoms with E-state index in [1.807, 2.05) is 30.3 Å². The summed E-state index contributed by atoms with van der Waals surface area (Å²) in [6, 6.07) is 9.93. The average Bonchev–Trinajstić information content (AvgIpc) is 2.23. The number of rotatable bonds is 4. The molecular formula is C12H15LiO. The fourth-order valence-corrected chi connectivity index (χ4v) is 0.851. The summed E-state index contributed by atoms with van der Waals surface area (Å²) in [5, 5.41) is 0. The van der Waals surface area contributed by atoms with Crippen LogP contribution < -0.4 is 23.6 Å². The van der Waals surface area contributed by atoms with Crippen LogP contribution in [0.25, 0.3) is 0 Å². The van der Waals surface area contributed by atoms with Gasteiger partial charge >= 0.3 is 18.9 Å². The van der Waals surface area contributed by atoms with Crippen molar-refractivity contribution in [2.24, 2.45) is 0 Å². The van der Waals surface area contributed by atoms with Gasteiger partial charge < -0.3 is 17.6 Å². The van der Waals surface area contributed by atoms with Crippen LogP contribution in [0.4, 0.5) is 0 Å². The monoisotopic (exact) mass is 182 g/mol. The van der Waals surface area contributed by atoms with Crippen molar-refractivity contribution in [3.05, 3.63) is 36.8 Å². The zero-order valence-electron chi connectivity index (χ0n) is 8.99. The standard InChI is InChI=1S/C10H14O.C2H.Li/c1-2-3-9-11-10-7-5-4-6-8-10;1-2;/h4-8H,2-3,9H2,1H3;1H;/q;-1;+1. The Morgan fingerprint density at radius 2 is 1.79 bits per heavy atom. The van der Waals surface area contributed by atoms with E-state index in [0.29, 0.717) is 0 Å². The van der Waals surface area contributed by atoms with Crippen molar-refractivity contribution in [1.82, 2.24) is 0 Å². The van der Waals surface area contributed by atoms with E-state index >= 15 is 0 Å². The third kappa shape index (κ3) is 7.81. The minimum Gasteiger partial charge on any atom is -0.697 e. The van der Waals surface area contributed by atoms with Crippen molar-refractivity contribution in [1.29, 1.82) is 0 Å². The van der Waals surface area contributed by atoms with Gasteiger partial charge in [0.1, 0.15) is 5.75 Å². The molecule has 0 radical (unpaired) electrons. The van der Waals surface area contributed by atoms with Gasteiger partial charge in [-0.1, -0.05) is 31.5 Å². The fourth-order valence-electron chi connectivity index (χ4n) is 0.851. The molecule has 1 aromatic rings. The molecule has 0 amide bonds. The Hall–Kier alpha value is -0.823. The summed E-state index contributed by atoms with van der Waals surface area (Å²) >= 11 is 0. The summed E-state index contributed by atoms with van der Waals surface area (Å²) in [6.07, 6.45) is 11.3. The molecule has 0 aliphatic rings. The topological polar surface area (TPSA) is 9.23 Å². The van der Waals surface area contributed by atoms with E-state index in [9.17, 15) is 0 Å². The van der Waals surface area contributed by atoms with Gasteiger partial charge in [-0.15, -0.1) is 0 Å². The molecule has 0 bridgehead atoms. The normalized spacial score (nSPS) is 7.64. The summed E-state index contributed by atoms with van der Waals surface area (Å²) in [4.78, 5) is 0. The number of hydrogen-bond acceptors (Lipinski definition) is 1. The van der Waals surface area contributed by atoms with E-state index in [1.165, 1.54) is 6.42 Å². The van der Waals surface area contributed by atoms with Crippen LogP contribution in [-0.2, 0) is 0 Å². The zero-order chi connectivity index (χ0) is 9.94. The van der Waals surface area contributed by atoms with Gasteiger partial charge in [0.05, 0.1) is 6.61 Å². The quantitative estimate of drug-likeness (QED) is 0.277. The van der Waals surface area contributed by atoms with Crippen molar-refractivity contribution in [2.45, 2.75) is 19.8 Å². The third-order valence-corrected chi connectivity index (χ3v) is 1.51. The number of para-hydroxylation sites is 1. The predicted octanol–water partition coefficient (Wildman–Crippen LogP) is 0.0755. The van der Waals surface area contributed by atoms with Crippen molar-refractivity contribution in [3.8, 4) is 12.2 Å². The molecule has 0 fully saturated rings. The second-order valence-corrected chi connectivity index (χ2v) is 2.52. The molecule has 1 nitrogen and oxygen atoms in total. The van der Waals surface area contributed by atoms with Crippen molar-refractivity contribution >= 4 is 0 Å². The Bertz CT molecular complexity index is 218. The average molecular weight is 182 g/mol. The molecule has 0 unspecified atom stereocenters. The molecule has 70 valence electrons. The van der Waals surface area contributed by atoms with E-state index < -0.39 is 0 Å². The largest absolute Gasteiger partial charge is 1.00 e. The molecule has 1 aromatic carbocycles. The Balaban J connectivity index is 0. The second kappa shape index (κ2) is 12.2.